The summed E-state index contributed by atoms with van der Waals surface area (Å²) in [6.07, 6.45) is 6.62. The van der Waals surface area contributed by atoms with E-state index in [4.69, 9.17) is 0 Å². The second kappa shape index (κ2) is 6.27. The highest BCUT2D eigenvalue weighted by Crippen LogP contribution is 2.31. The first-order chi connectivity index (χ1) is 7.57. The highest BCUT2D eigenvalue weighted by Gasteiger charge is 2.35. The number of unbranched alkanes of at least 4 members (excludes halogenated alkanes) is 2. The summed E-state index contributed by atoms with van der Waals surface area (Å²) < 4.78 is 0. The molecule has 1 saturated carbocycles. The average molecular weight is 225 g/mol. The van der Waals surface area contributed by atoms with E-state index in [-0.39, 0.29) is 0 Å². The Hall–Kier alpha value is -0.530. The first-order valence-electron chi connectivity index (χ1n) is 6.89. The normalized spacial score (nSPS) is 17.6. The zero-order chi connectivity index (χ0) is 12.1. The molecule has 1 aliphatic carbocycles. The Morgan fingerprint density at radius 2 is 1.88 bits per heavy atom. The second-order valence-corrected chi connectivity index (χ2v) is 5.47. The predicted octanol–water partition coefficient (Wildman–Crippen LogP) is 3.60. The molecule has 2 heteroatoms. The van der Waals surface area contributed by atoms with Crippen LogP contribution in [0, 0.1) is 5.92 Å². The number of rotatable bonds is 7. The van der Waals surface area contributed by atoms with Crippen LogP contribution in [0.25, 0.3) is 0 Å². The molecule has 1 fully saturated rings. The quantitative estimate of drug-likeness (QED) is 0.606. The molecule has 0 aromatic heterocycles. The predicted molar refractivity (Wildman–Crippen MR) is 68.3 cm³/mol. The molecule has 94 valence electrons. The lowest BCUT2D eigenvalue weighted by Crippen LogP contribution is -2.43. The fourth-order valence-electron chi connectivity index (χ4n) is 2.09. The molecule has 0 bridgehead atoms. The highest BCUT2D eigenvalue weighted by molar-refractivity contribution is 5.77. The smallest absolute Gasteiger partial charge is 0.223 e. The summed E-state index contributed by atoms with van der Waals surface area (Å²) in [7, 11) is 0. The van der Waals surface area contributed by atoms with Crippen molar-refractivity contribution >= 4 is 5.91 Å². The lowest BCUT2D eigenvalue weighted by atomic mass is 10.0. The van der Waals surface area contributed by atoms with Crippen LogP contribution in [-0.4, -0.2) is 22.9 Å². The number of carbonyl (C=O) groups is 1. The fraction of sp³-hybridized carbons (Fsp3) is 0.929. The molecule has 0 spiro atoms. The third-order valence-electron chi connectivity index (χ3n) is 3.63. The Morgan fingerprint density at radius 3 is 2.31 bits per heavy atom. The Bertz CT molecular complexity index is 221. The molecule has 1 rings (SSSR count). The van der Waals surface area contributed by atoms with Crippen LogP contribution in [0.4, 0.5) is 0 Å². The Balaban J connectivity index is 2.46. The topological polar surface area (TPSA) is 20.3 Å². The lowest BCUT2D eigenvalue weighted by Gasteiger charge is -2.32. The van der Waals surface area contributed by atoms with Crippen LogP contribution in [0.5, 0.6) is 0 Å². The number of amides is 1. The number of hydrogen-bond donors (Lipinski definition) is 0. The van der Waals surface area contributed by atoms with E-state index >= 15 is 0 Å². The van der Waals surface area contributed by atoms with Crippen molar-refractivity contribution in [1.82, 2.24) is 4.90 Å². The van der Waals surface area contributed by atoms with E-state index in [1.54, 1.807) is 0 Å². The van der Waals surface area contributed by atoms with Crippen LogP contribution in [-0.2, 0) is 4.79 Å². The minimum Gasteiger partial charge on any atom is -0.337 e. The molecule has 0 N–H and O–H groups in total. The van der Waals surface area contributed by atoms with Crippen LogP contribution in [0.1, 0.15) is 66.2 Å². The SMILES string of the molecule is CCCCCC(=O)N(C1CC1)C(C)C(C)C. The molecular weight excluding hydrogens is 198 g/mol. The van der Waals surface area contributed by atoms with Gasteiger partial charge in [0.05, 0.1) is 0 Å². The van der Waals surface area contributed by atoms with E-state index in [1.807, 2.05) is 0 Å². The third kappa shape index (κ3) is 3.80. The average Bonchev–Trinajstić information content (AvgIpc) is 3.02. The van der Waals surface area contributed by atoms with Crippen molar-refractivity contribution in [2.24, 2.45) is 5.92 Å². The van der Waals surface area contributed by atoms with Gasteiger partial charge in [-0.05, 0) is 32.1 Å². The van der Waals surface area contributed by atoms with Gasteiger partial charge in [0.15, 0.2) is 0 Å². The molecule has 16 heavy (non-hydrogen) atoms. The van der Waals surface area contributed by atoms with Crippen molar-refractivity contribution in [3.8, 4) is 0 Å². The number of hydrogen-bond acceptors (Lipinski definition) is 1. The molecule has 1 aliphatic rings. The molecule has 2 nitrogen and oxygen atoms in total. The van der Waals surface area contributed by atoms with Gasteiger partial charge in [0.25, 0.3) is 0 Å². The molecule has 0 aliphatic heterocycles. The third-order valence-corrected chi connectivity index (χ3v) is 3.63. The van der Waals surface area contributed by atoms with Crippen molar-refractivity contribution in [2.75, 3.05) is 0 Å². The summed E-state index contributed by atoms with van der Waals surface area (Å²) >= 11 is 0. The summed E-state index contributed by atoms with van der Waals surface area (Å²) in [6.45, 7) is 8.79. The van der Waals surface area contributed by atoms with E-state index < -0.39 is 0 Å². The number of nitrogens with zero attached hydrogens (tertiary/aromatic N) is 1. The first-order valence-corrected chi connectivity index (χ1v) is 6.89. The van der Waals surface area contributed by atoms with Gasteiger partial charge >= 0.3 is 0 Å². The van der Waals surface area contributed by atoms with Gasteiger partial charge in [-0.25, -0.2) is 0 Å². The van der Waals surface area contributed by atoms with Crippen molar-refractivity contribution in [3.63, 3.8) is 0 Å². The largest absolute Gasteiger partial charge is 0.337 e. The maximum Gasteiger partial charge on any atom is 0.223 e. The van der Waals surface area contributed by atoms with E-state index in [1.165, 1.54) is 25.7 Å². The van der Waals surface area contributed by atoms with Gasteiger partial charge in [-0.2, -0.15) is 0 Å². The zero-order valence-electron chi connectivity index (χ0n) is 11.3. The molecular formula is C14H27NO. The molecule has 0 aromatic rings. The minimum atomic E-state index is 0.386. The Labute approximate surface area is 100 Å². The van der Waals surface area contributed by atoms with Gasteiger partial charge < -0.3 is 4.90 Å². The van der Waals surface area contributed by atoms with Crippen LogP contribution in [0.15, 0.2) is 0 Å². The summed E-state index contributed by atoms with van der Waals surface area (Å²) in [6, 6.07) is 0.966. The lowest BCUT2D eigenvalue weighted by molar-refractivity contribution is -0.134. The zero-order valence-corrected chi connectivity index (χ0v) is 11.3. The first kappa shape index (κ1) is 13.5. The minimum absolute atomic E-state index is 0.386. The molecule has 0 heterocycles. The number of carbonyl (C=O) groups excluding carboxylic acids is 1. The summed E-state index contributed by atoms with van der Waals surface area (Å²) in [5, 5.41) is 0. The maximum atomic E-state index is 12.2. The van der Waals surface area contributed by atoms with Gasteiger partial charge in [-0.1, -0.05) is 33.6 Å². The van der Waals surface area contributed by atoms with Gasteiger partial charge in [0.1, 0.15) is 0 Å². The van der Waals surface area contributed by atoms with Crippen LogP contribution in [0.2, 0.25) is 0 Å². The molecule has 1 amide bonds. The molecule has 0 radical (unpaired) electrons. The maximum absolute atomic E-state index is 12.2. The van der Waals surface area contributed by atoms with Crippen molar-refractivity contribution in [1.29, 1.82) is 0 Å². The molecule has 0 aromatic carbocycles. The van der Waals surface area contributed by atoms with Crippen LogP contribution in [0.3, 0.4) is 0 Å². The van der Waals surface area contributed by atoms with E-state index in [9.17, 15) is 4.79 Å². The van der Waals surface area contributed by atoms with Crippen molar-refractivity contribution in [2.45, 2.75) is 78.3 Å². The summed E-state index contributed by atoms with van der Waals surface area (Å²) in [5.41, 5.74) is 0. The molecule has 1 unspecified atom stereocenters. The summed E-state index contributed by atoms with van der Waals surface area (Å²) in [5.74, 6) is 0.952. The Morgan fingerprint density at radius 1 is 1.25 bits per heavy atom. The molecule has 0 saturated heterocycles. The fourth-order valence-corrected chi connectivity index (χ4v) is 2.09. The molecule has 1 atom stereocenters. The van der Waals surface area contributed by atoms with E-state index in [0.29, 0.717) is 23.9 Å². The van der Waals surface area contributed by atoms with E-state index in [2.05, 4.69) is 32.6 Å². The van der Waals surface area contributed by atoms with Gasteiger partial charge in [0.2, 0.25) is 5.91 Å². The van der Waals surface area contributed by atoms with Gasteiger partial charge in [0, 0.05) is 18.5 Å². The van der Waals surface area contributed by atoms with Gasteiger partial charge in [-0.3, -0.25) is 4.79 Å². The van der Waals surface area contributed by atoms with Crippen molar-refractivity contribution in [3.05, 3.63) is 0 Å². The monoisotopic (exact) mass is 225 g/mol. The standard InChI is InChI=1S/C14H27NO/c1-5-6-7-8-14(16)15(13-9-10-13)12(4)11(2)3/h11-13H,5-10H2,1-4H3. The second-order valence-electron chi connectivity index (χ2n) is 5.47. The van der Waals surface area contributed by atoms with Crippen LogP contribution >= 0.6 is 0 Å². The van der Waals surface area contributed by atoms with Crippen molar-refractivity contribution < 1.29 is 4.79 Å². The van der Waals surface area contributed by atoms with Gasteiger partial charge in [-0.15, -0.1) is 0 Å². The Kier molecular flexibility index (Phi) is 5.30. The highest BCUT2D eigenvalue weighted by atomic mass is 16.2. The van der Waals surface area contributed by atoms with E-state index in [0.717, 1.165) is 12.8 Å². The summed E-state index contributed by atoms with van der Waals surface area (Å²) in [4.78, 5) is 14.3. The van der Waals surface area contributed by atoms with Crippen LogP contribution < -0.4 is 0 Å².